The molecule has 1 aliphatic rings. The predicted molar refractivity (Wildman–Crippen MR) is 80.4 cm³/mol. The summed E-state index contributed by atoms with van der Waals surface area (Å²) in [6, 6.07) is 5.53. The van der Waals surface area contributed by atoms with Crippen molar-refractivity contribution in [2.75, 3.05) is 13.7 Å². The van der Waals surface area contributed by atoms with Crippen molar-refractivity contribution in [3.63, 3.8) is 0 Å². The maximum Gasteiger partial charge on any atom is 0.239 e. The second kappa shape index (κ2) is 7.24. The van der Waals surface area contributed by atoms with Crippen molar-refractivity contribution >= 4 is 34.2 Å². The quantitative estimate of drug-likeness (QED) is 0.873. The highest BCUT2D eigenvalue weighted by molar-refractivity contribution is 9.10. The first-order chi connectivity index (χ1) is 8.63. The molecule has 0 bridgehead atoms. The lowest BCUT2D eigenvalue weighted by molar-refractivity contribution is -0.124. The molecular weight excluding hydrogens is 332 g/mol. The van der Waals surface area contributed by atoms with Gasteiger partial charge in [-0.3, -0.25) is 4.79 Å². The van der Waals surface area contributed by atoms with Crippen molar-refractivity contribution in [1.82, 2.24) is 5.32 Å². The van der Waals surface area contributed by atoms with Crippen LogP contribution >= 0.6 is 28.3 Å². The summed E-state index contributed by atoms with van der Waals surface area (Å²) < 4.78 is 5.99. The Kier molecular flexibility index (Phi) is 6.26. The monoisotopic (exact) mass is 348 g/mol. The van der Waals surface area contributed by atoms with Crippen molar-refractivity contribution in [1.29, 1.82) is 0 Å². The third kappa shape index (κ3) is 3.69. The van der Waals surface area contributed by atoms with Crippen LogP contribution in [0.4, 0.5) is 0 Å². The van der Waals surface area contributed by atoms with Crippen LogP contribution in [0.3, 0.4) is 0 Å². The lowest BCUT2D eigenvalue weighted by Crippen LogP contribution is -2.44. The molecule has 0 heterocycles. The Labute approximate surface area is 127 Å². The van der Waals surface area contributed by atoms with Crippen molar-refractivity contribution in [3.8, 4) is 0 Å². The Hall–Kier alpha value is -0.620. The summed E-state index contributed by atoms with van der Waals surface area (Å²) >= 11 is 3.54. The highest BCUT2D eigenvalue weighted by Crippen LogP contribution is 2.35. The largest absolute Gasteiger partial charge is 0.383 e. The van der Waals surface area contributed by atoms with E-state index in [1.54, 1.807) is 0 Å². The van der Waals surface area contributed by atoms with Gasteiger partial charge in [0.05, 0.1) is 12.6 Å². The molecule has 0 aromatic heterocycles. The minimum Gasteiger partial charge on any atom is -0.383 e. The number of methoxy groups -OCH3 is 1. The molecule has 1 amide bonds. The molecule has 0 radical (unpaired) electrons. The molecule has 106 valence electrons. The molecule has 0 spiro atoms. The number of nitrogens with one attached hydrogen (secondary N) is 1. The van der Waals surface area contributed by atoms with Gasteiger partial charge < -0.3 is 15.8 Å². The average molecular weight is 350 g/mol. The number of hydrogen-bond acceptors (Lipinski definition) is 3. The van der Waals surface area contributed by atoms with Crippen LogP contribution in [0.15, 0.2) is 22.7 Å². The molecule has 0 saturated carbocycles. The van der Waals surface area contributed by atoms with Gasteiger partial charge >= 0.3 is 0 Å². The number of carbonyl (C=O) groups is 1. The van der Waals surface area contributed by atoms with Crippen LogP contribution < -0.4 is 11.1 Å². The molecule has 1 aromatic rings. The number of carbonyl (C=O) groups excluding carboxylic acids is 1. The van der Waals surface area contributed by atoms with E-state index in [2.05, 4.69) is 27.3 Å². The number of rotatable bonds is 4. The van der Waals surface area contributed by atoms with Crippen molar-refractivity contribution in [3.05, 3.63) is 33.8 Å². The van der Waals surface area contributed by atoms with E-state index < -0.39 is 6.04 Å². The number of fused-ring (bicyclic) bond motifs is 1. The normalized spacial score (nSPS) is 18.4. The summed E-state index contributed by atoms with van der Waals surface area (Å²) in [6.45, 7) is 0.240. The molecule has 2 rings (SSSR count). The number of nitrogens with two attached hydrogens (primary N) is 1. The lowest BCUT2D eigenvalue weighted by Gasteiger charge is -2.17. The summed E-state index contributed by atoms with van der Waals surface area (Å²) in [5.41, 5.74) is 8.17. The number of amides is 1. The standard InChI is InChI=1S/C13H17BrN2O2.ClH/c1-18-7-11(15)13(17)16-12-6-5-8-9(12)3-2-4-10(8)14;/h2-4,11-12H,5-7,15H2,1H3,(H,16,17);1H. The molecule has 1 aliphatic carbocycles. The summed E-state index contributed by atoms with van der Waals surface area (Å²) in [7, 11) is 1.54. The van der Waals surface area contributed by atoms with Crippen LogP contribution in [0.1, 0.15) is 23.6 Å². The van der Waals surface area contributed by atoms with Gasteiger partial charge in [0.1, 0.15) is 6.04 Å². The van der Waals surface area contributed by atoms with Gasteiger partial charge in [-0.25, -0.2) is 0 Å². The first kappa shape index (κ1) is 16.4. The van der Waals surface area contributed by atoms with Gasteiger partial charge in [-0.05, 0) is 30.0 Å². The van der Waals surface area contributed by atoms with E-state index in [1.165, 1.54) is 18.2 Å². The van der Waals surface area contributed by atoms with Crippen LogP contribution in [0.2, 0.25) is 0 Å². The Morgan fingerprint density at radius 3 is 3.05 bits per heavy atom. The number of ether oxygens (including phenoxy) is 1. The fourth-order valence-electron chi connectivity index (χ4n) is 2.29. The van der Waals surface area contributed by atoms with E-state index in [-0.39, 0.29) is 31.0 Å². The van der Waals surface area contributed by atoms with Gasteiger partial charge in [0, 0.05) is 11.6 Å². The van der Waals surface area contributed by atoms with Gasteiger partial charge in [-0.2, -0.15) is 0 Å². The molecular formula is C13H18BrClN2O2. The zero-order valence-corrected chi connectivity index (χ0v) is 13.1. The fourth-order valence-corrected chi connectivity index (χ4v) is 2.87. The molecule has 19 heavy (non-hydrogen) atoms. The molecule has 0 aliphatic heterocycles. The van der Waals surface area contributed by atoms with Crippen molar-refractivity contribution < 1.29 is 9.53 Å². The third-order valence-electron chi connectivity index (χ3n) is 3.21. The summed E-state index contributed by atoms with van der Waals surface area (Å²) in [6.07, 6.45) is 1.89. The molecule has 0 fully saturated rings. The molecule has 6 heteroatoms. The van der Waals surface area contributed by atoms with Gasteiger partial charge in [0.2, 0.25) is 5.91 Å². The SMILES string of the molecule is COCC(N)C(=O)NC1CCc2c(Br)cccc21.Cl. The number of hydrogen-bond donors (Lipinski definition) is 2. The van der Waals surface area contributed by atoms with E-state index in [9.17, 15) is 4.79 Å². The van der Waals surface area contributed by atoms with E-state index >= 15 is 0 Å². The summed E-state index contributed by atoms with van der Waals surface area (Å²) in [4.78, 5) is 11.9. The van der Waals surface area contributed by atoms with Gasteiger partial charge in [0.25, 0.3) is 0 Å². The van der Waals surface area contributed by atoms with E-state index in [0.717, 1.165) is 17.3 Å². The second-order valence-electron chi connectivity index (χ2n) is 4.47. The minimum absolute atomic E-state index is 0. The first-order valence-corrected chi connectivity index (χ1v) is 6.75. The topological polar surface area (TPSA) is 64.3 Å². The van der Waals surface area contributed by atoms with Crippen LogP contribution in [0.25, 0.3) is 0 Å². The fraction of sp³-hybridized carbons (Fsp3) is 0.462. The second-order valence-corrected chi connectivity index (χ2v) is 5.32. The third-order valence-corrected chi connectivity index (χ3v) is 3.96. The molecule has 1 aromatic carbocycles. The van der Waals surface area contributed by atoms with E-state index in [0.29, 0.717) is 0 Å². The predicted octanol–water partition coefficient (Wildman–Crippen LogP) is 1.95. The Balaban J connectivity index is 0.00000180. The van der Waals surface area contributed by atoms with Gasteiger partial charge in [-0.1, -0.05) is 28.1 Å². The van der Waals surface area contributed by atoms with Gasteiger partial charge in [-0.15, -0.1) is 12.4 Å². The number of halogens is 2. The Morgan fingerprint density at radius 1 is 1.63 bits per heavy atom. The van der Waals surface area contributed by atoms with Gasteiger partial charge in [0.15, 0.2) is 0 Å². The van der Waals surface area contributed by atoms with Crippen LogP contribution in [0, 0.1) is 0 Å². The lowest BCUT2D eigenvalue weighted by atomic mass is 10.1. The molecule has 4 nitrogen and oxygen atoms in total. The highest BCUT2D eigenvalue weighted by Gasteiger charge is 2.26. The summed E-state index contributed by atoms with van der Waals surface area (Å²) in [5.74, 6) is -0.158. The maximum atomic E-state index is 11.9. The molecule has 2 atom stereocenters. The Bertz CT molecular complexity index is 456. The molecule has 0 saturated heterocycles. The van der Waals surface area contributed by atoms with Crippen molar-refractivity contribution in [2.45, 2.75) is 24.9 Å². The highest BCUT2D eigenvalue weighted by atomic mass is 79.9. The van der Waals surface area contributed by atoms with E-state index in [1.807, 2.05) is 12.1 Å². The zero-order valence-electron chi connectivity index (χ0n) is 10.7. The Morgan fingerprint density at radius 2 is 2.37 bits per heavy atom. The number of benzene rings is 1. The zero-order chi connectivity index (χ0) is 13.1. The maximum absolute atomic E-state index is 11.9. The first-order valence-electron chi connectivity index (χ1n) is 5.95. The smallest absolute Gasteiger partial charge is 0.239 e. The minimum atomic E-state index is -0.605. The summed E-state index contributed by atoms with van der Waals surface area (Å²) in [5, 5.41) is 2.98. The molecule has 2 unspecified atom stereocenters. The van der Waals surface area contributed by atoms with E-state index in [4.69, 9.17) is 10.5 Å². The van der Waals surface area contributed by atoms with Crippen LogP contribution in [-0.2, 0) is 16.0 Å². The van der Waals surface area contributed by atoms with Crippen LogP contribution in [-0.4, -0.2) is 25.7 Å². The average Bonchev–Trinajstić information content (AvgIpc) is 2.74. The molecule has 3 N–H and O–H groups in total. The van der Waals surface area contributed by atoms with Crippen molar-refractivity contribution in [2.24, 2.45) is 5.73 Å². The van der Waals surface area contributed by atoms with Crippen LogP contribution in [0.5, 0.6) is 0 Å².